The summed E-state index contributed by atoms with van der Waals surface area (Å²) in [6.45, 7) is 1.70. The normalized spacial score (nSPS) is 18.0. The van der Waals surface area contributed by atoms with Crippen LogP contribution in [0.2, 0.25) is 0 Å². The van der Waals surface area contributed by atoms with Gasteiger partial charge in [-0.1, -0.05) is 30.4 Å². The molecule has 1 saturated heterocycles. The van der Waals surface area contributed by atoms with E-state index in [0.717, 1.165) is 48.3 Å². The zero-order valence-corrected chi connectivity index (χ0v) is 12.9. The van der Waals surface area contributed by atoms with Crippen molar-refractivity contribution in [3.8, 4) is 0 Å². The van der Waals surface area contributed by atoms with E-state index in [-0.39, 0.29) is 6.10 Å². The fourth-order valence-corrected chi connectivity index (χ4v) is 2.92. The highest BCUT2D eigenvalue weighted by Crippen LogP contribution is 2.23. The van der Waals surface area contributed by atoms with Gasteiger partial charge in [-0.15, -0.1) is 0 Å². The molecule has 5 heteroatoms. The standard InChI is InChI=1S/C16H19N3OS/c1-19(10-11-5-4-8-20-11)15-9-13(16(17)21)12-6-2-3-7-14(12)18-15/h2-3,6-7,9,11H,4-5,8,10H2,1H3,(H2,17,21). The summed E-state index contributed by atoms with van der Waals surface area (Å²) in [5.74, 6) is 0.881. The molecule has 0 amide bonds. The van der Waals surface area contributed by atoms with E-state index in [0.29, 0.717) is 4.99 Å². The summed E-state index contributed by atoms with van der Waals surface area (Å²) in [5.41, 5.74) is 7.67. The molecule has 1 atom stereocenters. The third-order valence-electron chi connectivity index (χ3n) is 3.86. The number of para-hydroxylation sites is 1. The summed E-state index contributed by atoms with van der Waals surface area (Å²) in [6, 6.07) is 9.91. The molecule has 1 aromatic heterocycles. The molecule has 2 aromatic rings. The van der Waals surface area contributed by atoms with Gasteiger partial charge < -0.3 is 15.4 Å². The number of nitrogens with zero attached hydrogens (tertiary/aromatic N) is 2. The Morgan fingerprint density at radius 1 is 1.48 bits per heavy atom. The lowest BCUT2D eigenvalue weighted by molar-refractivity contribution is 0.116. The van der Waals surface area contributed by atoms with Crippen molar-refractivity contribution in [3.63, 3.8) is 0 Å². The first-order chi connectivity index (χ1) is 10.1. The molecule has 21 heavy (non-hydrogen) atoms. The minimum atomic E-state index is 0.288. The molecule has 110 valence electrons. The molecule has 1 unspecified atom stereocenters. The Hall–Kier alpha value is -1.72. The quantitative estimate of drug-likeness (QED) is 0.879. The number of rotatable bonds is 4. The van der Waals surface area contributed by atoms with Crippen molar-refractivity contribution in [3.05, 3.63) is 35.9 Å². The van der Waals surface area contributed by atoms with Crippen LogP contribution in [0.3, 0.4) is 0 Å². The van der Waals surface area contributed by atoms with Crippen LogP contribution < -0.4 is 10.6 Å². The van der Waals surface area contributed by atoms with E-state index < -0.39 is 0 Å². The molecule has 4 nitrogen and oxygen atoms in total. The van der Waals surface area contributed by atoms with Crippen LogP contribution in [0.25, 0.3) is 10.9 Å². The van der Waals surface area contributed by atoms with Crippen LogP contribution in [0.4, 0.5) is 5.82 Å². The fourth-order valence-electron chi connectivity index (χ4n) is 2.75. The molecule has 2 N–H and O–H groups in total. The number of anilines is 1. The Kier molecular flexibility index (Phi) is 4.03. The minimum absolute atomic E-state index is 0.288. The number of aromatic nitrogens is 1. The summed E-state index contributed by atoms with van der Waals surface area (Å²) >= 11 is 5.19. The molecule has 1 aromatic carbocycles. The van der Waals surface area contributed by atoms with Gasteiger partial charge in [0.1, 0.15) is 10.8 Å². The topological polar surface area (TPSA) is 51.4 Å². The first-order valence-corrected chi connectivity index (χ1v) is 7.58. The molecule has 0 aliphatic carbocycles. The van der Waals surface area contributed by atoms with Crippen LogP contribution in [-0.4, -0.2) is 36.3 Å². The van der Waals surface area contributed by atoms with Gasteiger partial charge >= 0.3 is 0 Å². The van der Waals surface area contributed by atoms with Gasteiger partial charge in [-0.05, 0) is 25.0 Å². The molecule has 0 spiro atoms. The fraction of sp³-hybridized carbons (Fsp3) is 0.375. The van der Waals surface area contributed by atoms with E-state index in [1.807, 2.05) is 37.4 Å². The second kappa shape index (κ2) is 5.95. The van der Waals surface area contributed by atoms with Crippen molar-refractivity contribution in [2.75, 3.05) is 25.1 Å². The number of thiocarbonyl (C=S) groups is 1. The number of ether oxygens (including phenoxy) is 1. The zero-order valence-electron chi connectivity index (χ0n) is 12.1. The largest absolute Gasteiger partial charge is 0.389 e. The monoisotopic (exact) mass is 301 g/mol. The van der Waals surface area contributed by atoms with Crippen molar-refractivity contribution in [2.45, 2.75) is 18.9 Å². The first kappa shape index (κ1) is 14.2. The molecular formula is C16H19N3OS. The van der Waals surface area contributed by atoms with Crippen LogP contribution in [0.15, 0.2) is 30.3 Å². The number of hydrogen-bond acceptors (Lipinski definition) is 4. The highest BCUT2D eigenvalue weighted by Gasteiger charge is 2.19. The molecule has 1 fully saturated rings. The van der Waals surface area contributed by atoms with Crippen LogP contribution in [0.5, 0.6) is 0 Å². The maximum atomic E-state index is 5.87. The Labute approximate surface area is 129 Å². The number of fused-ring (bicyclic) bond motifs is 1. The van der Waals surface area contributed by atoms with Gasteiger partial charge in [-0.25, -0.2) is 4.98 Å². The Balaban J connectivity index is 1.96. The smallest absolute Gasteiger partial charge is 0.129 e. The van der Waals surface area contributed by atoms with E-state index in [4.69, 9.17) is 27.7 Å². The van der Waals surface area contributed by atoms with E-state index in [1.54, 1.807) is 0 Å². The lowest BCUT2D eigenvalue weighted by Crippen LogP contribution is -2.29. The number of benzene rings is 1. The van der Waals surface area contributed by atoms with Gasteiger partial charge in [0.2, 0.25) is 0 Å². The van der Waals surface area contributed by atoms with E-state index in [1.165, 1.54) is 0 Å². The van der Waals surface area contributed by atoms with Crippen molar-refractivity contribution < 1.29 is 4.74 Å². The molecule has 1 aliphatic heterocycles. The van der Waals surface area contributed by atoms with Crippen LogP contribution in [-0.2, 0) is 4.74 Å². The molecular weight excluding hydrogens is 282 g/mol. The predicted molar refractivity (Wildman–Crippen MR) is 89.9 cm³/mol. The minimum Gasteiger partial charge on any atom is -0.389 e. The Morgan fingerprint density at radius 2 is 2.29 bits per heavy atom. The molecule has 3 rings (SSSR count). The first-order valence-electron chi connectivity index (χ1n) is 7.17. The summed E-state index contributed by atoms with van der Waals surface area (Å²) in [6.07, 6.45) is 2.54. The number of nitrogens with two attached hydrogens (primary N) is 1. The van der Waals surface area contributed by atoms with Gasteiger partial charge in [-0.2, -0.15) is 0 Å². The van der Waals surface area contributed by atoms with Gasteiger partial charge in [-0.3, -0.25) is 0 Å². The average molecular weight is 301 g/mol. The lowest BCUT2D eigenvalue weighted by atomic mass is 10.1. The molecule has 1 aliphatic rings. The molecule has 0 bridgehead atoms. The van der Waals surface area contributed by atoms with Crippen molar-refractivity contribution in [1.82, 2.24) is 4.98 Å². The van der Waals surface area contributed by atoms with E-state index in [9.17, 15) is 0 Å². The van der Waals surface area contributed by atoms with E-state index >= 15 is 0 Å². The third kappa shape index (κ3) is 2.99. The third-order valence-corrected chi connectivity index (χ3v) is 4.08. The highest BCUT2D eigenvalue weighted by atomic mass is 32.1. The molecule has 0 saturated carbocycles. The van der Waals surface area contributed by atoms with Crippen LogP contribution >= 0.6 is 12.2 Å². The number of likely N-dealkylation sites (N-methyl/N-ethyl adjacent to an activating group) is 1. The predicted octanol–water partition coefficient (Wildman–Crippen LogP) is 2.48. The average Bonchev–Trinajstić information content (AvgIpc) is 2.98. The second-order valence-electron chi connectivity index (χ2n) is 5.42. The Bertz CT molecular complexity index is 668. The molecule has 2 heterocycles. The SMILES string of the molecule is CN(CC1CCCO1)c1cc(C(N)=S)c2ccccc2n1. The Morgan fingerprint density at radius 3 is 3.00 bits per heavy atom. The number of hydrogen-bond donors (Lipinski definition) is 1. The number of pyridine rings is 1. The maximum Gasteiger partial charge on any atom is 0.129 e. The van der Waals surface area contributed by atoms with Gasteiger partial charge in [0.15, 0.2) is 0 Å². The van der Waals surface area contributed by atoms with Gasteiger partial charge in [0.05, 0.1) is 11.6 Å². The van der Waals surface area contributed by atoms with E-state index in [2.05, 4.69) is 4.90 Å². The lowest BCUT2D eigenvalue weighted by Gasteiger charge is -2.22. The maximum absolute atomic E-state index is 5.87. The zero-order chi connectivity index (χ0) is 14.8. The van der Waals surface area contributed by atoms with Crippen molar-refractivity contribution in [1.29, 1.82) is 0 Å². The van der Waals surface area contributed by atoms with Crippen LogP contribution in [0.1, 0.15) is 18.4 Å². The molecule has 0 radical (unpaired) electrons. The van der Waals surface area contributed by atoms with Gasteiger partial charge in [0.25, 0.3) is 0 Å². The van der Waals surface area contributed by atoms with Crippen molar-refractivity contribution in [2.24, 2.45) is 5.73 Å². The summed E-state index contributed by atoms with van der Waals surface area (Å²) in [4.78, 5) is 7.23. The van der Waals surface area contributed by atoms with Crippen molar-refractivity contribution >= 4 is 33.9 Å². The second-order valence-corrected chi connectivity index (χ2v) is 5.86. The van der Waals surface area contributed by atoms with Crippen LogP contribution in [0, 0.1) is 0 Å². The summed E-state index contributed by atoms with van der Waals surface area (Å²) in [7, 11) is 2.03. The highest BCUT2D eigenvalue weighted by molar-refractivity contribution is 7.80. The summed E-state index contributed by atoms with van der Waals surface area (Å²) in [5, 5.41) is 0.999. The summed E-state index contributed by atoms with van der Waals surface area (Å²) < 4.78 is 5.69. The van der Waals surface area contributed by atoms with Gasteiger partial charge in [0, 0.05) is 31.1 Å².